The number of Topliss-reactive ketones (excluding diaryl/α,β-unsaturated/α-hetero) is 1. The van der Waals surface area contributed by atoms with E-state index in [-0.39, 0.29) is 22.9 Å². The van der Waals surface area contributed by atoms with Gasteiger partial charge in [-0.15, -0.1) is 0 Å². The molecule has 1 atom stereocenters. The second-order valence-electron chi connectivity index (χ2n) is 11.2. The van der Waals surface area contributed by atoms with Crippen molar-refractivity contribution in [1.82, 2.24) is 0 Å². The van der Waals surface area contributed by atoms with Crippen molar-refractivity contribution in [3.8, 4) is 5.75 Å². The van der Waals surface area contributed by atoms with E-state index in [1.165, 1.54) is 4.90 Å². The first kappa shape index (κ1) is 27.2. The standard InChI is InChI=1S/C33H37NO4/c1-8-22-9-11-23(12-10-22)29-28(30(35)24-13-18-27(21(4)19-24)38-20(2)3)31(36)32(37)34(29)26-16-14-25(15-17-26)33(5,6)7/h9-20,29,35H,8H2,1-7H3/b30-28-. The van der Waals surface area contributed by atoms with E-state index in [4.69, 9.17) is 4.74 Å². The number of carbonyl (C=O) groups excluding carboxylic acids is 2. The number of ether oxygens (including phenoxy) is 1. The number of benzene rings is 3. The topological polar surface area (TPSA) is 66.8 Å². The van der Waals surface area contributed by atoms with Crippen LogP contribution in [-0.4, -0.2) is 22.9 Å². The molecule has 0 bridgehead atoms. The van der Waals surface area contributed by atoms with Gasteiger partial charge in [-0.1, -0.05) is 64.1 Å². The first-order chi connectivity index (χ1) is 17.9. The Morgan fingerprint density at radius 3 is 2.13 bits per heavy atom. The summed E-state index contributed by atoms with van der Waals surface area (Å²) >= 11 is 0. The summed E-state index contributed by atoms with van der Waals surface area (Å²) in [6, 6.07) is 20.1. The van der Waals surface area contributed by atoms with Gasteiger partial charge in [0.05, 0.1) is 17.7 Å². The van der Waals surface area contributed by atoms with E-state index in [9.17, 15) is 14.7 Å². The van der Waals surface area contributed by atoms with E-state index < -0.39 is 17.7 Å². The molecule has 4 rings (SSSR count). The maximum Gasteiger partial charge on any atom is 0.300 e. The summed E-state index contributed by atoms with van der Waals surface area (Å²) in [7, 11) is 0. The minimum absolute atomic E-state index is 0.00855. The summed E-state index contributed by atoms with van der Waals surface area (Å²) in [5.74, 6) is -0.841. The van der Waals surface area contributed by atoms with Gasteiger partial charge in [-0.2, -0.15) is 0 Å². The Morgan fingerprint density at radius 1 is 0.974 bits per heavy atom. The highest BCUT2D eigenvalue weighted by atomic mass is 16.5. The van der Waals surface area contributed by atoms with Crippen LogP contribution in [0.4, 0.5) is 5.69 Å². The fraction of sp³-hybridized carbons (Fsp3) is 0.333. The van der Waals surface area contributed by atoms with Gasteiger partial charge in [0.1, 0.15) is 11.5 Å². The number of rotatable bonds is 6. The molecule has 3 aromatic carbocycles. The zero-order valence-corrected chi connectivity index (χ0v) is 23.3. The van der Waals surface area contributed by atoms with Gasteiger partial charge in [-0.25, -0.2) is 0 Å². The molecule has 1 saturated heterocycles. The Kier molecular flexibility index (Phi) is 7.50. The van der Waals surface area contributed by atoms with Crippen molar-refractivity contribution >= 4 is 23.1 Å². The molecule has 1 heterocycles. The predicted octanol–water partition coefficient (Wildman–Crippen LogP) is 7.27. The van der Waals surface area contributed by atoms with Crippen molar-refractivity contribution < 1.29 is 19.4 Å². The quantitative estimate of drug-likeness (QED) is 0.215. The molecule has 0 spiro atoms. The lowest BCUT2D eigenvalue weighted by atomic mass is 9.87. The lowest BCUT2D eigenvalue weighted by Gasteiger charge is -2.27. The number of amides is 1. The summed E-state index contributed by atoms with van der Waals surface area (Å²) in [6.07, 6.45) is 0.882. The van der Waals surface area contributed by atoms with Gasteiger partial charge >= 0.3 is 0 Å². The Morgan fingerprint density at radius 2 is 1.61 bits per heavy atom. The molecule has 5 heteroatoms. The van der Waals surface area contributed by atoms with E-state index in [1.54, 1.807) is 18.2 Å². The average molecular weight is 512 g/mol. The Hall–Kier alpha value is -3.86. The number of carbonyl (C=O) groups is 2. The molecule has 1 aliphatic rings. The molecule has 198 valence electrons. The largest absolute Gasteiger partial charge is 0.507 e. The van der Waals surface area contributed by atoms with Gasteiger partial charge in [0.15, 0.2) is 0 Å². The number of nitrogens with zero attached hydrogens (tertiary/aromatic N) is 1. The SMILES string of the molecule is CCc1ccc(C2/C(=C(/O)c3ccc(OC(C)C)c(C)c3)C(=O)C(=O)N2c2ccc(C(C)(C)C)cc2)cc1. The second-order valence-corrected chi connectivity index (χ2v) is 11.2. The molecule has 5 nitrogen and oxygen atoms in total. The van der Waals surface area contributed by atoms with E-state index >= 15 is 0 Å². The van der Waals surface area contributed by atoms with Crippen LogP contribution in [-0.2, 0) is 21.4 Å². The van der Waals surface area contributed by atoms with Crippen LogP contribution in [0.15, 0.2) is 72.3 Å². The molecule has 0 aromatic heterocycles. The Bertz CT molecular complexity index is 1380. The van der Waals surface area contributed by atoms with E-state index in [0.29, 0.717) is 17.0 Å². The summed E-state index contributed by atoms with van der Waals surface area (Å²) in [5, 5.41) is 11.5. The average Bonchev–Trinajstić information content (AvgIpc) is 3.14. The van der Waals surface area contributed by atoms with Gasteiger partial charge in [0.25, 0.3) is 11.7 Å². The van der Waals surface area contributed by atoms with Gasteiger partial charge < -0.3 is 9.84 Å². The van der Waals surface area contributed by atoms with E-state index in [0.717, 1.165) is 28.7 Å². The minimum atomic E-state index is -0.756. The highest BCUT2D eigenvalue weighted by molar-refractivity contribution is 6.51. The van der Waals surface area contributed by atoms with E-state index in [1.807, 2.05) is 69.3 Å². The summed E-state index contributed by atoms with van der Waals surface area (Å²) < 4.78 is 5.84. The molecule has 1 amide bonds. The van der Waals surface area contributed by atoms with Crippen molar-refractivity contribution in [2.24, 2.45) is 0 Å². The van der Waals surface area contributed by atoms with Crippen LogP contribution in [0.2, 0.25) is 0 Å². The number of hydrogen-bond acceptors (Lipinski definition) is 4. The number of aliphatic hydroxyl groups is 1. The summed E-state index contributed by atoms with van der Waals surface area (Å²) in [4.78, 5) is 28.5. The molecule has 0 radical (unpaired) electrons. The fourth-order valence-electron chi connectivity index (χ4n) is 4.81. The lowest BCUT2D eigenvalue weighted by molar-refractivity contribution is -0.132. The number of anilines is 1. The van der Waals surface area contributed by atoms with E-state index in [2.05, 4.69) is 27.7 Å². The van der Waals surface area contributed by atoms with Crippen LogP contribution >= 0.6 is 0 Å². The van der Waals surface area contributed by atoms with Crippen LogP contribution in [0, 0.1) is 6.92 Å². The van der Waals surface area contributed by atoms with Crippen molar-refractivity contribution in [2.75, 3.05) is 4.90 Å². The van der Waals surface area contributed by atoms with Crippen molar-refractivity contribution in [3.05, 3.63) is 100 Å². The highest BCUT2D eigenvalue weighted by Crippen LogP contribution is 2.43. The summed E-state index contributed by atoms with van der Waals surface area (Å²) in [5.41, 5.74) is 4.98. The van der Waals surface area contributed by atoms with Gasteiger partial charge in [-0.3, -0.25) is 14.5 Å². The predicted molar refractivity (Wildman–Crippen MR) is 153 cm³/mol. The zero-order valence-electron chi connectivity index (χ0n) is 23.3. The smallest absolute Gasteiger partial charge is 0.300 e. The number of ketones is 1. The molecule has 1 fully saturated rings. The van der Waals surface area contributed by atoms with Crippen LogP contribution in [0.1, 0.15) is 75.4 Å². The van der Waals surface area contributed by atoms with Gasteiger partial charge in [0.2, 0.25) is 0 Å². The normalized spacial score (nSPS) is 17.4. The molecule has 3 aromatic rings. The molecule has 1 N–H and O–H groups in total. The third-order valence-corrected chi connectivity index (χ3v) is 6.97. The maximum atomic E-state index is 13.5. The monoisotopic (exact) mass is 511 g/mol. The number of aryl methyl sites for hydroxylation is 2. The molecular weight excluding hydrogens is 474 g/mol. The molecule has 0 saturated carbocycles. The molecule has 1 unspecified atom stereocenters. The number of aliphatic hydroxyl groups excluding tert-OH is 1. The molecular formula is C33H37NO4. The Balaban J connectivity index is 1.87. The highest BCUT2D eigenvalue weighted by Gasteiger charge is 2.47. The lowest BCUT2D eigenvalue weighted by Crippen LogP contribution is -2.29. The van der Waals surface area contributed by atoms with Crippen molar-refractivity contribution in [3.63, 3.8) is 0 Å². The maximum absolute atomic E-state index is 13.5. The molecule has 0 aliphatic carbocycles. The third-order valence-electron chi connectivity index (χ3n) is 6.97. The van der Waals surface area contributed by atoms with Crippen LogP contribution in [0.5, 0.6) is 5.75 Å². The molecule has 38 heavy (non-hydrogen) atoms. The van der Waals surface area contributed by atoms with Crippen LogP contribution < -0.4 is 9.64 Å². The third kappa shape index (κ3) is 5.24. The Labute approximate surface area is 225 Å². The number of hydrogen-bond donors (Lipinski definition) is 1. The summed E-state index contributed by atoms with van der Waals surface area (Å²) in [6.45, 7) is 14.3. The van der Waals surface area contributed by atoms with Crippen molar-refractivity contribution in [2.45, 2.75) is 72.4 Å². The second kappa shape index (κ2) is 10.5. The van der Waals surface area contributed by atoms with Gasteiger partial charge in [-0.05, 0) is 85.2 Å². The zero-order chi connectivity index (χ0) is 27.8. The van der Waals surface area contributed by atoms with Crippen molar-refractivity contribution in [1.29, 1.82) is 0 Å². The minimum Gasteiger partial charge on any atom is -0.507 e. The first-order valence-electron chi connectivity index (χ1n) is 13.2. The van der Waals surface area contributed by atoms with Crippen LogP contribution in [0.25, 0.3) is 5.76 Å². The van der Waals surface area contributed by atoms with Crippen LogP contribution in [0.3, 0.4) is 0 Å². The fourth-order valence-corrected chi connectivity index (χ4v) is 4.81. The first-order valence-corrected chi connectivity index (χ1v) is 13.2. The van der Waals surface area contributed by atoms with Gasteiger partial charge in [0, 0.05) is 11.3 Å². The molecule has 1 aliphatic heterocycles.